The van der Waals surface area contributed by atoms with Crippen molar-refractivity contribution in [2.45, 2.75) is 48.3 Å². The molecule has 0 aliphatic carbocycles. The standard InChI is InChI=1S/C13H19N3O3SSe/c14-8-21-6-5-19-11(17)4-2-1-3-10-12-9(7-20-10)15-13(18)16-12/h9-10,12H,1-7H2,(H2,15,16,18)/t9-,10-,12-/m0/s1. The molecule has 0 saturated carbocycles. The average molecular weight is 376 g/mol. The molecule has 2 aliphatic rings. The number of nitrogens with one attached hydrogen (secondary N) is 2. The van der Waals surface area contributed by atoms with Crippen molar-refractivity contribution in [2.75, 3.05) is 12.4 Å². The molecule has 116 valence electrons. The first-order chi connectivity index (χ1) is 10.2. The molecule has 0 aromatic carbocycles. The second-order valence-electron chi connectivity index (χ2n) is 5.03. The van der Waals surface area contributed by atoms with Crippen LogP contribution in [0.5, 0.6) is 0 Å². The van der Waals surface area contributed by atoms with Crippen molar-refractivity contribution in [1.29, 1.82) is 5.26 Å². The Morgan fingerprint density at radius 1 is 1.48 bits per heavy atom. The molecular weight excluding hydrogens is 357 g/mol. The van der Waals surface area contributed by atoms with Gasteiger partial charge in [0.15, 0.2) is 0 Å². The number of ether oxygens (including phenoxy) is 1. The van der Waals surface area contributed by atoms with Gasteiger partial charge in [0.05, 0.1) is 0 Å². The molecule has 2 aliphatic heterocycles. The summed E-state index contributed by atoms with van der Waals surface area (Å²) in [7, 11) is 0. The predicted octanol–water partition coefficient (Wildman–Crippen LogP) is 0.859. The van der Waals surface area contributed by atoms with E-state index in [4.69, 9.17) is 10.00 Å². The number of fused-ring (bicyclic) bond motifs is 1. The van der Waals surface area contributed by atoms with Gasteiger partial charge in [-0.2, -0.15) is 0 Å². The molecule has 0 unspecified atom stereocenters. The van der Waals surface area contributed by atoms with Crippen LogP contribution in [0.3, 0.4) is 0 Å². The quantitative estimate of drug-likeness (QED) is 0.284. The first-order valence-electron chi connectivity index (χ1n) is 7.06. The third kappa shape index (κ3) is 5.10. The molecule has 21 heavy (non-hydrogen) atoms. The fourth-order valence-electron chi connectivity index (χ4n) is 2.57. The van der Waals surface area contributed by atoms with Crippen LogP contribution in [0.25, 0.3) is 0 Å². The van der Waals surface area contributed by atoms with Gasteiger partial charge in [-0.25, -0.2) is 4.79 Å². The van der Waals surface area contributed by atoms with Crippen molar-refractivity contribution in [3.05, 3.63) is 0 Å². The van der Waals surface area contributed by atoms with Gasteiger partial charge in [-0.1, -0.05) is 0 Å². The zero-order valence-corrected chi connectivity index (χ0v) is 14.2. The van der Waals surface area contributed by atoms with Crippen LogP contribution < -0.4 is 10.6 Å². The molecule has 0 aromatic heterocycles. The van der Waals surface area contributed by atoms with Crippen LogP contribution in [0.4, 0.5) is 4.79 Å². The molecule has 6 nitrogen and oxygen atoms in total. The SMILES string of the molecule is N#C[Se]CCOC(=O)CCCC[C@@H]1SC[C@@H]2NC(=O)N[C@@H]21. The number of urea groups is 1. The molecular formula is C13H19N3O3SSe. The van der Waals surface area contributed by atoms with E-state index in [1.54, 1.807) is 0 Å². The van der Waals surface area contributed by atoms with E-state index in [0.29, 0.717) is 23.6 Å². The molecule has 2 rings (SSSR count). The fourth-order valence-corrected chi connectivity index (χ4v) is 4.66. The molecule has 8 heteroatoms. The number of nitriles is 1. The number of rotatable bonds is 8. The monoisotopic (exact) mass is 377 g/mol. The van der Waals surface area contributed by atoms with E-state index < -0.39 is 0 Å². The van der Waals surface area contributed by atoms with E-state index in [1.807, 2.05) is 11.8 Å². The zero-order valence-electron chi connectivity index (χ0n) is 11.7. The summed E-state index contributed by atoms with van der Waals surface area (Å²) in [4.78, 5) is 24.8. The van der Waals surface area contributed by atoms with Gasteiger partial charge in [-0.3, -0.25) is 0 Å². The fraction of sp³-hybridized carbons (Fsp3) is 0.769. The van der Waals surface area contributed by atoms with Crippen molar-refractivity contribution in [3.63, 3.8) is 0 Å². The number of esters is 1. The summed E-state index contributed by atoms with van der Waals surface area (Å²) in [6.07, 6.45) is 3.24. The average Bonchev–Trinajstić information content (AvgIpc) is 2.99. The Labute approximate surface area is 134 Å². The van der Waals surface area contributed by atoms with Gasteiger partial charge >= 0.3 is 130 Å². The van der Waals surface area contributed by atoms with Crippen LogP contribution in [-0.4, -0.2) is 56.7 Å². The Balaban J connectivity index is 1.53. The molecule has 2 N–H and O–H groups in total. The van der Waals surface area contributed by atoms with Crippen LogP contribution in [0.15, 0.2) is 0 Å². The second kappa shape index (κ2) is 8.52. The van der Waals surface area contributed by atoms with Gasteiger partial charge in [0.1, 0.15) is 0 Å². The summed E-state index contributed by atoms with van der Waals surface area (Å²) < 4.78 is 5.05. The maximum atomic E-state index is 11.5. The van der Waals surface area contributed by atoms with Crippen LogP contribution in [0, 0.1) is 10.2 Å². The summed E-state index contributed by atoms with van der Waals surface area (Å²) in [6, 6.07) is 0.444. The van der Waals surface area contributed by atoms with Crippen molar-refractivity contribution in [1.82, 2.24) is 10.6 Å². The number of nitrogens with zero attached hydrogens (tertiary/aromatic N) is 1. The van der Waals surface area contributed by atoms with Crippen molar-refractivity contribution in [2.24, 2.45) is 0 Å². The first kappa shape index (κ1) is 16.5. The molecule has 3 atom stereocenters. The number of amides is 2. The third-order valence-corrected chi connectivity index (χ3v) is 6.13. The van der Waals surface area contributed by atoms with Crippen LogP contribution >= 0.6 is 11.8 Å². The number of unbranched alkanes of at least 4 members (excludes halogenated alkanes) is 1. The van der Waals surface area contributed by atoms with Gasteiger partial charge in [0, 0.05) is 0 Å². The summed E-state index contributed by atoms with van der Waals surface area (Å²) in [5.41, 5.74) is 0. The molecule has 0 aromatic rings. The van der Waals surface area contributed by atoms with E-state index in [-0.39, 0.29) is 39.0 Å². The van der Waals surface area contributed by atoms with Gasteiger partial charge < -0.3 is 0 Å². The van der Waals surface area contributed by atoms with Gasteiger partial charge in [0.2, 0.25) is 0 Å². The Hall–Kier alpha value is -0.901. The van der Waals surface area contributed by atoms with E-state index in [9.17, 15) is 9.59 Å². The second-order valence-corrected chi connectivity index (χ2v) is 8.15. The third-order valence-electron chi connectivity index (χ3n) is 3.57. The summed E-state index contributed by atoms with van der Waals surface area (Å²) in [6.45, 7) is 0.367. The molecule has 2 saturated heterocycles. The minimum absolute atomic E-state index is 0.0576. The number of hydrogen-bond acceptors (Lipinski definition) is 5. The number of carbonyl (C=O) groups excluding carboxylic acids is 2. The Morgan fingerprint density at radius 2 is 2.33 bits per heavy atom. The normalized spacial score (nSPS) is 26.6. The predicted molar refractivity (Wildman–Crippen MR) is 81.1 cm³/mol. The minimum atomic E-state index is -0.170. The van der Waals surface area contributed by atoms with E-state index in [0.717, 1.165) is 25.0 Å². The topological polar surface area (TPSA) is 91.2 Å². The molecule has 0 bridgehead atoms. The van der Waals surface area contributed by atoms with Gasteiger partial charge in [-0.05, 0) is 0 Å². The van der Waals surface area contributed by atoms with Gasteiger partial charge in [-0.15, -0.1) is 0 Å². The summed E-state index contributed by atoms with van der Waals surface area (Å²) >= 11 is 1.82. The van der Waals surface area contributed by atoms with Crippen molar-refractivity contribution < 1.29 is 14.3 Å². The Kier molecular flexibility index (Phi) is 6.68. The van der Waals surface area contributed by atoms with E-state index >= 15 is 0 Å². The van der Waals surface area contributed by atoms with Crippen molar-refractivity contribution >= 4 is 38.7 Å². The molecule has 0 spiro atoms. The van der Waals surface area contributed by atoms with Crippen LogP contribution in [0.2, 0.25) is 5.32 Å². The van der Waals surface area contributed by atoms with Crippen LogP contribution in [-0.2, 0) is 9.53 Å². The molecule has 2 heterocycles. The Morgan fingerprint density at radius 3 is 3.14 bits per heavy atom. The summed E-state index contributed by atoms with van der Waals surface area (Å²) in [5, 5.41) is 15.4. The zero-order chi connectivity index (χ0) is 15.1. The van der Waals surface area contributed by atoms with E-state index in [1.165, 1.54) is 0 Å². The molecule has 2 amide bonds. The van der Waals surface area contributed by atoms with Crippen molar-refractivity contribution in [3.8, 4) is 4.97 Å². The molecule has 0 radical (unpaired) electrons. The maximum absolute atomic E-state index is 11.5. The van der Waals surface area contributed by atoms with Gasteiger partial charge in [0.25, 0.3) is 0 Å². The molecule has 2 fully saturated rings. The number of thioether (sulfide) groups is 1. The van der Waals surface area contributed by atoms with Crippen LogP contribution in [0.1, 0.15) is 25.7 Å². The number of carbonyl (C=O) groups is 2. The first-order valence-corrected chi connectivity index (χ1v) is 10.2. The Bertz CT molecular complexity index is 429. The van der Waals surface area contributed by atoms with E-state index in [2.05, 4.69) is 15.6 Å². The number of hydrogen-bond donors (Lipinski definition) is 2. The summed E-state index contributed by atoms with van der Waals surface area (Å²) in [5.74, 6) is 0.799.